The Morgan fingerprint density at radius 1 is 1.18 bits per heavy atom. The molecule has 10 heteroatoms. The van der Waals surface area contributed by atoms with E-state index in [4.69, 9.17) is 14.2 Å². The minimum atomic E-state index is -0.512. The highest BCUT2D eigenvalue weighted by Gasteiger charge is 2.15. The van der Waals surface area contributed by atoms with Crippen LogP contribution < -0.4 is 25.2 Å². The molecule has 1 amide bonds. The largest absolute Gasteiger partial charge is 0.493 e. The van der Waals surface area contributed by atoms with Crippen LogP contribution in [0.4, 0.5) is 0 Å². The first-order valence-electron chi connectivity index (χ1n) is 8.38. The molecule has 0 unspecified atom stereocenters. The van der Waals surface area contributed by atoms with E-state index in [0.717, 1.165) is 0 Å². The Morgan fingerprint density at radius 2 is 1.82 bits per heavy atom. The molecule has 3 N–H and O–H groups in total. The van der Waals surface area contributed by atoms with Crippen LogP contribution in [-0.4, -0.2) is 42.5 Å². The maximum absolute atomic E-state index is 11.9. The number of aromatic nitrogens is 2. The number of carbonyl (C=O) groups excluding carboxylic acids is 2. The average molecular weight is 390 g/mol. The first-order chi connectivity index (χ1) is 13.3. The van der Waals surface area contributed by atoms with Crippen LogP contribution in [0.2, 0.25) is 0 Å². The molecule has 10 nitrogen and oxygen atoms in total. The Morgan fingerprint density at radius 3 is 2.32 bits per heavy atom. The zero-order valence-electron chi connectivity index (χ0n) is 16.0. The van der Waals surface area contributed by atoms with Gasteiger partial charge < -0.3 is 19.3 Å². The first-order valence-corrected chi connectivity index (χ1v) is 8.38. The van der Waals surface area contributed by atoms with Gasteiger partial charge in [0.2, 0.25) is 11.7 Å². The minimum Gasteiger partial charge on any atom is -0.493 e. The van der Waals surface area contributed by atoms with Gasteiger partial charge in [0, 0.05) is 30.2 Å². The molecule has 28 heavy (non-hydrogen) atoms. The SMILES string of the molecule is COc1cc(/C=N\NC(=O)CCc2c(C)[nH][nH]c2=O)cc(OC)c1OC(C)=O. The summed E-state index contributed by atoms with van der Waals surface area (Å²) in [5.41, 5.74) is 3.96. The summed E-state index contributed by atoms with van der Waals surface area (Å²) in [5, 5.41) is 9.07. The van der Waals surface area contributed by atoms with Gasteiger partial charge in [0.25, 0.3) is 5.56 Å². The smallest absolute Gasteiger partial charge is 0.308 e. The monoisotopic (exact) mass is 390 g/mol. The Bertz CT molecular complexity index is 919. The molecule has 0 aliphatic heterocycles. The summed E-state index contributed by atoms with van der Waals surface area (Å²) < 4.78 is 15.5. The van der Waals surface area contributed by atoms with Crippen LogP contribution in [0, 0.1) is 6.92 Å². The molecular weight excluding hydrogens is 368 g/mol. The Hall–Kier alpha value is -3.56. The molecule has 2 rings (SSSR count). The number of aromatic amines is 2. The number of hydrazone groups is 1. The zero-order valence-corrected chi connectivity index (χ0v) is 16.0. The highest BCUT2D eigenvalue weighted by atomic mass is 16.6. The molecule has 1 heterocycles. The van der Waals surface area contributed by atoms with E-state index in [-0.39, 0.29) is 35.1 Å². The Balaban J connectivity index is 2.04. The number of nitrogens with zero attached hydrogens (tertiary/aromatic N) is 1. The molecule has 0 aliphatic rings. The lowest BCUT2D eigenvalue weighted by atomic mass is 10.1. The van der Waals surface area contributed by atoms with Crippen molar-refractivity contribution in [3.63, 3.8) is 0 Å². The van der Waals surface area contributed by atoms with Gasteiger partial charge in [-0.3, -0.25) is 19.5 Å². The fourth-order valence-corrected chi connectivity index (χ4v) is 2.47. The van der Waals surface area contributed by atoms with Gasteiger partial charge in [-0.15, -0.1) is 0 Å². The van der Waals surface area contributed by atoms with E-state index in [9.17, 15) is 14.4 Å². The number of hydrogen-bond donors (Lipinski definition) is 3. The molecule has 0 bridgehead atoms. The highest BCUT2D eigenvalue weighted by Crippen LogP contribution is 2.38. The fourth-order valence-electron chi connectivity index (χ4n) is 2.47. The number of aryl methyl sites for hydroxylation is 1. The van der Waals surface area contributed by atoms with Gasteiger partial charge in [-0.05, 0) is 25.5 Å². The molecular formula is C18H22N4O6. The quantitative estimate of drug-likeness (QED) is 0.267. The maximum atomic E-state index is 11.9. The average Bonchev–Trinajstić information content (AvgIpc) is 2.98. The Kier molecular flexibility index (Phi) is 6.96. The van der Waals surface area contributed by atoms with Gasteiger partial charge >= 0.3 is 5.97 Å². The number of amides is 1. The van der Waals surface area contributed by atoms with Gasteiger partial charge in [0.05, 0.1) is 20.4 Å². The summed E-state index contributed by atoms with van der Waals surface area (Å²) in [7, 11) is 2.85. The lowest BCUT2D eigenvalue weighted by Crippen LogP contribution is -2.19. The van der Waals surface area contributed by atoms with Gasteiger partial charge in [-0.2, -0.15) is 5.10 Å². The van der Waals surface area contributed by atoms with Crippen LogP contribution in [-0.2, 0) is 16.0 Å². The fraction of sp³-hybridized carbons (Fsp3) is 0.333. The molecule has 0 atom stereocenters. The van der Waals surface area contributed by atoms with Crippen LogP contribution in [0.1, 0.15) is 30.2 Å². The number of carbonyl (C=O) groups is 2. The number of methoxy groups -OCH3 is 2. The van der Waals surface area contributed by atoms with Crippen LogP contribution in [0.3, 0.4) is 0 Å². The third-order valence-electron chi connectivity index (χ3n) is 3.82. The third-order valence-corrected chi connectivity index (χ3v) is 3.82. The number of esters is 1. The second-order valence-electron chi connectivity index (χ2n) is 5.82. The molecule has 0 saturated heterocycles. The van der Waals surface area contributed by atoms with E-state index < -0.39 is 5.97 Å². The summed E-state index contributed by atoms with van der Waals surface area (Å²) in [6.07, 6.45) is 1.80. The summed E-state index contributed by atoms with van der Waals surface area (Å²) in [6.45, 7) is 3.02. The molecule has 1 aromatic carbocycles. The van der Waals surface area contributed by atoms with Gasteiger partial charge in [-0.1, -0.05) is 0 Å². The highest BCUT2D eigenvalue weighted by molar-refractivity contribution is 5.85. The van der Waals surface area contributed by atoms with Crippen molar-refractivity contribution in [1.29, 1.82) is 0 Å². The van der Waals surface area contributed by atoms with Crippen molar-refractivity contribution in [2.75, 3.05) is 14.2 Å². The van der Waals surface area contributed by atoms with E-state index in [1.165, 1.54) is 27.4 Å². The van der Waals surface area contributed by atoms with E-state index in [1.807, 2.05) is 0 Å². The van der Waals surface area contributed by atoms with Crippen LogP contribution in [0.25, 0.3) is 0 Å². The van der Waals surface area contributed by atoms with Crippen molar-refractivity contribution in [3.05, 3.63) is 39.3 Å². The first kappa shape index (κ1) is 20.7. The second-order valence-corrected chi connectivity index (χ2v) is 5.82. The predicted octanol–water partition coefficient (Wildman–Crippen LogP) is 1.04. The molecule has 0 aliphatic carbocycles. The standard InChI is InChI=1S/C18H22N4O6/c1-10-13(18(25)22-20-10)5-6-16(24)21-19-9-12-7-14(26-3)17(28-11(2)23)15(8-12)27-4/h7-9H,5-6H2,1-4H3,(H,21,24)(H2,20,22,25)/b19-9-. The van der Waals surface area contributed by atoms with E-state index in [0.29, 0.717) is 23.2 Å². The minimum absolute atomic E-state index is 0.108. The summed E-state index contributed by atoms with van der Waals surface area (Å²) >= 11 is 0. The number of H-pyrrole nitrogens is 2. The Labute approximate surface area is 160 Å². The molecule has 150 valence electrons. The van der Waals surface area contributed by atoms with Gasteiger partial charge in [0.1, 0.15) is 0 Å². The summed E-state index contributed by atoms with van der Waals surface area (Å²) in [6, 6.07) is 3.16. The molecule has 0 fully saturated rings. The number of hydrogen-bond acceptors (Lipinski definition) is 7. The lowest BCUT2D eigenvalue weighted by molar-refractivity contribution is -0.132. The molecule has 0 spiro atoms. The van der Waals surface area contributed by atoms with Gasteiger partial charge in [0.15, 0.2) is 11.5 Å². The molecule has 0 saturated carbocycles. The second kappa shape index (κ2) is 9.40. The predicted molar refractivity (Wildman–Crippen MR) is 101 cm³/mol. The van der Waals surface area contributed by atoms with E-state index in [1.54, 1.807) is 19.1 Å². The van der Waals surface area contributed by atoms with Crippen molar-refractivity contribution in [2.45, 2.75) is 26.7 Å². The van der Waals surface area contributed by atoms with Crippen molar-refractivity contribution < 1.29 is 23.8 Å². The summed E-state index contributed by atoms with van der Waals surface area (Å²) in [4.78, 5) is 34.7. The van der Waals surface area contributed by atoms with E-state index >= 15 is 0 Å². The summed E-state index contributed by atoms with van der Waals surface area (Å²) in [5.74, 6) is -0.131. The number of nitrogens with one attached hydrogen (secondary N) is 3. The van der Waals surface area contributed by atoms with Crippen molar-refractivity contribution in [2.24, 2.45) is 5.10 Å². The maximum Gasteiger partial charge on any atom is 0.308 e. The van der Waals surface area contributed by atoms with Crippen molar-refractivity contribution in [3.8, 4) is 17.2 Å². The third kappa shape index (κ3) is 5.22. The van der Waals surface area contributed by atoms with Crippen molar-refractivity contribution in [1.82, 2.24) is 15.6 Å². The van der Waals surface area contributed by atoms with Gasteiger partial charge in [-0.25, -0.2) is 5.43 Å². The molecule has 2 aromatic rings. The number of benzene rings is 1. The normalized spacial score (nSPS) is 10.7. The van der Waals surface area contributed by atoms with Crippen LogP contribution in [0.15, 0.2) is 22.0 Å². The zero-order chi connectivity index (χ0) is 20.7. The van der Waals surface area contributed by atoms with Crippen LogP contribution in [0.5, 0.6) is 17.2 Å². The van der Waals surface area contributed by atoms with Crippen LogP contribution >= 0.6 is 0 Å². The molecule has 1 aromatic heterocycles. The molecule has 0 radical (unpaired) electrons. The number of rotatable bonds is 8. The number of ether oxygens (including phenoxy) is 3. The van der Waals surface area contributed by atoms with E-state index in [2.05, 4.69) is 20.7 Å². The van der Waals surface area contributed by atoms with Crippen molar-refractivity contribution >= 4 is 18.1 Å². The topological polar surface area (TPSA) is 135 Å². The lowest BCUT2D eigenvalue weighted by Gasteiger charge is -2.13.